The van der Waals surface area contributed by atoms with E-state index in [1.807, 2.05) is 30.3 Å². The first-order valence-electron chi connectivity index (χ1n) is 9.00. The minimum atomic E-state index is -0.384. The zero-order valence-electron chi connectivity index (χ0n) is 15.2. The van der Waals surface area contributed by atoms with Crippen LogP contribution in [-0.2, 0) is 10.5 Å². The van der Waals surface area contributed by atoms with Crippen LogP contribution in [0.2, 0.25) is 0 Å². The maximum absolute atomic E-state index is 14.0. The van der Waals surface area contributed by atoms with E-state index in [1.54, 1.807) is 17.0 Å². The third-order valence-electron chi connectivity index (χ3n) is 4.56. The van der Waals surface area contributed by atoms with Gasteiger partial charge in [0.05, 0.1) is 5.69 Å². The molecule has 6 heteroatoms. The Morgan fingerprint density at radius 1 is 1.15 bits per heavy atom. The summed E-state index contributed by atoms with van der Waals surface area (Å²) in [6.45, 7) is 4.17. The van der Waals surface area contributed by atoms with Gasteiger partial charge in [-0.05, 0) is 36.1 Å². The predicted molar refractivity (Wildman–Crippen MR) is 108 cm³/mol. The summed E-state index contributed by atoms with van der Waals surface area (Å²) in [5, 5.41) is 0.562. The molecule has 0 saturated heterocycles. The van der Waals surface area contributed by atoms with Crippen molar-refractivity contribution in [1.29, 1.82) is 0 Å². The fourth-order valence-electron chi connectivity index (χ4n) is 3.26. The number of benzene rings is 2. The number of nitrogens with zero attached hydrogens (tertiary/aromatic N) is 3. The van der Waals surface area contributed by atoms with E-state index < -0.39 is 0 Å². The summed E-state index contributed by atoms with van der Waals surface area (Å²) in [5.41, 5.74) is 2.25. The number of amides is 1. The topological polar surface area (TPSA) is 45.0 Å². The molecule has 0 aliphatic carbocycles. The number of para-hydroxylation sites is 1. The molecule has 0 radical (unpaired) electrons. The molecule has 0 fully saturated rings. The maximum atomic E-state index is 14.0. The van der Waals surface area contributed by atoms with Gasteiger partial charge in [-0.15, -0.1) is 0 Å². The lowest BCUT2D eigenvalue weighted by Crippen LogP contribution is -2.41. The third kappa shape index (κ3) is 3.41. The van der Waals surface area contributed by atoms with E-state index in [-0.39, 0.29) is 17.8 Å². The van der Waals surface area contributed by atoms with Crippen molar-refractivity contribution in [2.75, 3.05) is 0 Å². The quantitative estimate of drug-likeness (QED) is 0.766. The van der Waals surface area contributed by atoms with E-state index in [0.29, 0.717) is 34.7 Å². The van der Waals surface area contributed by atoms with E-state index in [1.165, 1.54) is 17.8 Å². The van der Waals surface area contributed by atoms with Gasteiger partial charge in [-0.25, -0.2) is 14.3 Å². The molecule has 0 spiro atoms. The summed E-state index contributed by atoms with van der Waals surface area (Å²) in [6, 6.07) is 14.0. The highest BCUT2D eigenvalue weighted by Gasteiger charge is 2.41. The Labute approximate surface area is 162 Å². The zero-order chi connectivity index (χ0) is 19.0. The number of hydrogen-bond donors (Lipinski definition) is 0. The minimum absolute atomic E-state index is 0.0482. The highest BCUT2D eigenvalue weighted by Crippen LogP contribution is 2.35. The van der Waals surface area contributed by atoms with Gasteiger partial charge in [0.25, 0.3) is 5.91 Å². The van der Waals surface area contributed by atoms with Gasteiger partial charge in [-0.2, -0.15) is 0 Å². The molecule has 2 aromatic carbocycles. The number of aliphatic imine (C=N–C) groups is 2. The summed E-state index contributed by atoms with van der Waals surface area (Å²) in [5.74, 6) is 1.13. The molecule has 0 N–H and O–H groups in total. The Kier molecular flexibility index (Phi) is 4.83. The Hall–Kier alpha value is -2.47. The molecular weight excluding hydrogens is 361 g/mol. The molecule has 4 rings (SSSR count). The van der Waals surface area contributed by atoms with Crippen LogP contribution in [0.15, 0.2) is 58.5 Å². The molecule has 2 aromatic rings. The second-order valence-electron chi connectivity index (χ2n) is 7.06. The van der Waals surface area contributed by atoms with Gasteiger partial charge in [0, 0.05) is 11.3 Å². The lowest BCUT2D eigenvalue weighted by atomic mass is 10.0. The van der Waals surface area contributed by atoms with Crippen molar-refractivity contribution in [3.63, 3.8) is 0 Å². The number of fused-ring (bicyclic) bond motifs is 3. The van der Waals surface area contributed by atoms with Gasteiger partial charge in [0.2, 0.25) is 0 Å². The molecule has 2 aliphatic heterocycles. The molecule has 2 aliphatic rings. The molecule has 0 bridgehead atoms. The molecule has 2 heterocycles. The molecule has 0 aromatic heterocycles. The first-order chi connectivity index (χ1) is 13.0. The molecule has 1 amide bonds. The van der Waals surface area contributed by atoms with Crippen molar-refractivity contribution >= 4 is 34.4 Å². The van der Waals surface area contributed by atoms with Crippen LogP contribution in [0.4, 0.5) is 10.1 Å². The first-order valence-corrected chi connectivity index (χ1v) is 9.99. The largest absolute Gasteiger partial charge is 0.271 e. The highest BCUT2D eigenvalue weighted by atomic mass is 32.2. The number of rotatable bonds is 4. The molecule has 0 saturated carbocycles. The maximum Gasteiger partial charge on any atom is 0.259 e. The first kappa shape index (κ1) is 17.9. The predicted octanol–water partition coefficient (Wildman–Crippen LogP) is 4.76. The lowest BCUT2D eigenvalue weighted by molar-refractivity contribution is -0.124. The van der Waals surface area contributed by atoms with Crippen LogP contribution >= 0.6 is 11.8 Å². The number of thioether (sulfide) groups is 1. The summed E-state index contributed by atoms with van der Waals surface area (Å²) < 4.78 is 14.0. The van der Waals surface area contributed by atoms with Crippen LogP contribution in [0, 0.1) is 11.7 Å². The van der Waals surface area contributed by atoms with Crippen molar-refractivity contribution in [2.24, 2.45) is 15.9 Å². The summed E-state index contributed by atoms with van der Waals surface area (Å²) in [4.78, 5) is 24.0. The van der Waals surface area contributed by atoms with Gasteiger partial charge in [0.1, 0.15) is 17.7 Å². The van der Waals surface area contributed by atoms with Gasteiger partial charge in [0.15, 0.2) is 5.17 Å². The van der Waals surface area contributed by atoms with Crippen molar-refractivity contribution in [1.82, 2.24) is 4.90 Å². The third-order valence-corrected chi connectivity index (χ3v) is 5.54. The normalized spacial score (nSPS) is 18.3. The Balaban J connectivity index is 1.68. The second kappa shape index (κ2) is 7.27. The number of hydrogen-bond acceptors (Lipinski definition) is 4. The molecule has 0 unspecified atom stereocenters. The number of amidine groups is 2. The molecule has 1 atom stereocenters. The fourth-order valence-corrected chi connectivity index (χ4v) is 4.24. The van der Waals surface area contributed by atoms with Crippen LogP contribution < -0.4 is 0 Å². The van der Waals surface area contributed by atoms with Crippen LogP contribution in [0.5, 0.6) is 0 Å². The SMILES string of the molecule is CC(C)C[C@H]1N=C2c3ccccc3N=C(SCc3ccccc3F)N2C1=O. The van der Waals surface area contributed by atoms with Gasteiger partial charge >= 0.3 is 0 Å². The number of carbonyl (C=O) groups excluding carboxylic acids is 1. The van der Waals surface area contributed by atoms with Gasteiger partial charge < -0.3 is 0 Å². The van der Waals surface area contributed by atoms with Crippen molar-refractivity contribution in [3.8, 4) is 0 Å². The molecule has 27 heavy (non-hydrogen) atoms. The van der Waals surface area contributed by atoms with E-state index in [0.717, 1.165) is 11.3 Å². The number of carbonyl (C=O) groups is 1. The lowest BCUT2D eigenvalue weighted by Gasteiger charge is -2.25. The van der Waals surface area contributed by atoms with E-state index in [2.05, 4.69) is 18.8 Å². The van der Waals surface area contributed by atoms with Crippen LogP contribution in [0.1, 0.15) is 31.4 Å². The van der Waals surface area contributed by atoms with Crippen LogP contribution in [0.3, 0.4) is 0 Å². The van der Waals surface area contributed by atoms with Crippen LogP contribution in [-0.4, -0.2) is 27.9 Å². The van der Waals surface area contributed by atoms with Crippen molar-refractivity contribution < 1.29 is 9.18 Å². The van der Waals surface area contributed by atoms with E-state index in [9.17, 15) is 9.18 Å². The number of halogens is 1. The molecular formula is C21H20FN3OS. The minimum Gasteiger partial charge on any atom is -0.271 e. The van der Waals surface area contributed by atoms with E-state index in [4.69, 9.17) is 4.99 Å². The fraction of sp³-hybridized carbons (Fsp3) is 0.286. The summed E-state index contributed by atoms with van der Waals surface area (Å²) in [6.07, 6.45) is 0.701. The zero-order valence-corrected chi connectivity index (χ0v) is 16.0. The second-order valence-corrected chi connectivity index (χ2v) is 8.01. The summed E-state index contributed by atoms with van der Waals surface area (Å²) >= 11 is 1.36. The Morgan fingerprint density at radius 2 is 1.89 bits per heavy atom. The summed E-state index contributed by atoms with van der Waals surface area (Å²) in [7, 11) is 0. The van der Waals surface area contributed by atoms with Crippen molar-refractivity contribution in [3.05, 3.63) is 65.5 Å². The smallest absolute Gasteiger partial charge is 0.259 e. The van der Waals surface area contributed by atoms with E-state index >= 15 is 0 Å². The molecule has 4 nitrogen and oxygen atoms in total. The van der Waals surface area contributed by atoms with Crippen molar-refractivity contribution in [2.45, 2.75) is 32.1 Å². The van der Waals surface area contributed by atoms with Crippen LogP contribution in [0.25, 0.3) is 0 Å². The Morgan fingerprint density at radius 3 is 2.67 bits per heavy atom. The van der Waals surface area contributed by atoms with Gasteiger partial charge in [-0.3, -0.25) is 9.79 Å². The Bertz CT molecular complexity index is 954. The average molecular weight is 381 g/mol. The monoisotopic (exact) mass is 381 g/mol. The van der Waals surface area contributed by atoms with Gasteiger partial charge in [-0.1, -0.05) is 55.9 Å². The standard InChI is InChI=1S/C21H20FN3OS/c1-13(2)11-18-20(26)25-19(23-18)15-8-4-6-10-17(15)24-21(25)27-12-14-7-3-5-9-16(14)22/h3-10,13,18H,11-12H2,1-2H3/t18-/m1/s1. The average Bonchev–Trinajstić information content (AvgIpc) is 2.97. The molecule has 138 valence electrons. The highest BCUT2D eigenvalue weighted by molar-refractivity contribution is 8.13.